The standard InChI is InChI=1S/C11H20N2O3/c1-8(9(14)15)13(3)10(16)11(2)6-4-5-7-12-11/h8,12H,4-7H2,1-3H3,(H,14,15). The number of hydrogen-bond acceptors (Lipinski definition) is 3. The van der Waals surface area contributed by atoms with Crippen LogP contribution in [0.1, 0.15) is 33.1 Å². The summed E-state index contributed by atoms with van der Waals surface area (Å²) in [7, 11) is 1.54. The fourth-order valence-electron chi connectivity index (χ4n) is 1.97. The van der Waals surface area contributed by atoms with Crippen molar-refractivity contribution in [2.24, 2.45) is 0 Å². The molecule has 0 aliphatic carbocycles. The molecule has 1 heterocycles. The molecule has 2 N–H and O–H groups in total. The van der Waals surface area contributed by atoms with E-state index in [4.69, 9.17) is 5.11 Å². The maximum absolute atomic E-state index is 12.2. The summed E-state index contributed by atoms with van der Waals surface area (Å²) in [5.74, 6) is -1.11. The molecule has 1 rings (SSSR count). The van der Waals surface area contributed by atoms with Crippen molar-refractivity contribution in [1.82, 2.24) is 10.2 Å². The third-order valence-electron chi connectivity index (χ3n) is 3.35. The molecule has 0 aromatic carbocycles. The van der Waals surface area contributed by atoms with Gasteiger partial charge in [0, 0.05) is 7.05 Å². The van der Waals surface area contributed by atoms with Gasteiger partial charge >= 0.3 is 5.97 Å². The van der Waals surface area contributed by atoms with Gasteiger partial charge in [-0.1, -0.05) is 0 Å². The number of rotatable bonds is 3. The Bertz CT molecular complexity index is 285. The Morgan fingerprint density at radius 1 is 1.44 bits per heavy atom. The zero-order chi connectivity index (χ0) is 12.3. The van der Waals surface area contributed by atoms with Gasteiger partial charge in [-0.3, -0.25) is 4.79 Å². The molecule has 1 aliphatic rings. The monoisotopic (exact) mass is 228 g/mol. The van der Waals surface area contributed by atoms with E-state index in [1.807, 2.05) is 6.92 Å². The molecule has 2 atom stereocenters. The smallest absolute Gasteiger partial charge is 0.326 e. The van der Waals surface area contributed by atoms with E-state index in [9.17, 15) is 9.59 Å². The Morgan fingerprint density at radius 2 is 2.06 bits per heavy atom. The molecule has 92 valence electrons. The van der Waals surface area contributed by atoms with Crippen LogP contribution in [0.5, 0.6) is 0 Å². The van der Waals surface area contributed by atoms with Crippen molar-refractivity contribution in [3.8, 4) is 0 Å². The third kappa shape index (κ3) is 2.52. The number of carbonyl (C=O) groups excluding carboxylic acids is 1. The average molecular weight is 228 g/mol. The van der Waals surface area contributed by atoms with Gasteiger partial charge in [0.1, 0.15) is 6.04 Å². The lowest BCUT2D eigenvalue weighted by atomic mass is 9.89. The van der Waals surface area contributed by atoms with Crippen LogP contribution in [-0.4, -0.2) is 47.1 Å². The fourth-order valence-corrected chi connectivity index (χ4v) is 1.97. The van der Waals surface area contributed by atoms with Crippen molar-refractivity contribution in [1.29, 1.82) is 0 Å². The minimum absolute atomic E-state index is 0.137. The van der Waals surface area contributed by atoms with E-state index in [1.54, 1.807) is 7.05 Å². The number of carboxylic acid groups (broad SMARTS) is 1. The highest BCUT2D eigenvalue weighted by molar-refractivity contribution is 5.89. The highest BCUT2D eigenvalue weighted by Crippen LogP contribution is 2.21. The number of nitrogens with zero attached hydrogens (tertiary/aromatic N) is 1. The van der Waals surface area contributed by atoms with Crippen molar-refractivity contribution >= 4 is 11.9 Å². The van der Waals surface area contributed by atoms with Crippen LogP contribution in [0.4, 0.5) is 0 Å². The molecule has 1 amide bonds. The molecule has 5 nitrogen and oxygen atoms in total. The summed E-state index contributed by atoms with van der Waals surface area (Å²) >= 11 is 0. The van der Waals surface area contributed by atoms with Crippen LogP contribution in [0.15, 0.2) is 0 Å². The van der Waals surface area contributed by atoms with Gasteiger partial charge in [-0.2, -0.15) is 0 Å². The second-order valence-electron chi connectivity index (χ2n) is 4.65. The molecule has 0 spiro atoms. The van der Waals surface area contributed by atoms with Gasteiger partial charge in [-0.05, 0) is 39.7 Å². The molecule has 2 unspecified atom stereocenters. The van der Waals surface area contributed by atoms with E-state index < -0.39 is 17.6 Å². The second-order valence-corrected chi connectivity index (χ2v) is 4.65. The number of likely N-dealkylation sites (N-methyl/N-ethyl adjacent to an activating group) is 1. The zero-order valence-corrected chi connectivity index (χ0v) is 10.1. The first-order chi connectivity index (χ1) is 7.38. The van der Waals surface area contributed by atoms with Crippen molar-refractivity contribution in [3.05, 3.63) is 0 Å². The molecular weight excluding hydrogens is 208 g/mol. The van der Waals surface area contributed by atoms with Gasteiger partial charge in [-0.25, -0.2) is 4.79 Å². The van der Waals surface area contributed by atoms with Crippen molar-refractivity contribution in [3.63, 3.8) is 0 Å². The van der Waals surface area contributed by atoms with Crippen LogP contribution < -0.4 is 5.32 Å². The van der Waals surface area contributed by atoms with Crippen LogP contribution in [-0.2, 0) is 9.59 Å². The first-order valence-electron chi connectivity index (χ1n) is 5.63. The maximum Gasteiger partial charge on any atom is 0.326 e. The predicted molar refractivity (Wildman–Crippen MR) is 60.1 cm³/mol. The molecular formula is C11H20N2O3. The lowest BCUT2D eigenvalue weighted by Gasteiger charge is -2.37. The van der Waals surface area contributed by atoms with Gasteiger partial charge in [0.2, 0.25) is 5.91 Å². The van der Waals surface area contributed by atoms with Gasteiger partial charge in [0.15, 0.2) is 0 Å². The summed E-state index contributed by atoms with van der Waals surface area (Å²) in [4.78, 5) is 24.3. The molecule has 0 aromatic rings. The molecule has 1 saturated heterocycles. The quantitative estimate of drug-likeness (QED) is 0.736. The van der Waals surface area contributed by atoms with Gasteiger partial charge in [0.05, 0.1) is 5.54 Å². The SMILES string of the molecule is CC(C(=O)O)N(C)C(=O)C1(C)CCCCN1. The van der Waals surface area contributed by atoms with Crippen molar-refractivity contribution in [2.45, 2.75) is 44.7 Å². The number of hydrogen-bond donors (Lipinski definition) is 2. The Balaban J connectivity index is 2.72. The Hall–Kier alpha value is -1.10. The maximum atomic E-state index is 12.2. The first-order valence-corrected chi connectivity index (χ1v) is 5.63. The number of piperidine rings is 1. The van der Waals surface area contributed by atoms with E-state index >= 15 is 0 Å². The lowest BCUT2D eigenvalue weighted by molar-refractivity contribution is -0.151. The molecule has 0 radical (unpaired) electrons. The Kier molecular flexibility index (Phi) is 3.91. The summed E-state index contributed by atoms with van der Waals surface area (Å²) in [6.45, 7) is 4.18. The molecule has 0 saturated carbocycles. The number of carboxylic acids is 1. The van der Waals surface area contributed by atoms with E-state index in [-0.39, 0.29) is 5.91 Å². The van der Waals surface area contributed by atoms with Crippen molar-refractivity contribution < 1.29 is 14.7 Å². The van der Waals surface area contributed by atoms with Crippen LogP contribution in [0.2, 0.25) is 0 Å². The van der Waals surface area contributed by atoms with Crippen LogP contribution in [0, 0.1) is 0 Å². The highest BCUT2D eigenvalue weighted by Gasteiger charge is 2.38. The Morgan fingerprint density at radius 3 is 2.50 bits per heavy atom. The summed E-state index contributed by atoms with van der Waals surface area (Å²) in [6.07, 6.45) is 2.84. The van der Waals surface area contributed by atoms with Crippen LogP contribution in [0.25, 0.3) is 0 Å². The lowest BCUT2D eigenvalue weighted by Crippen LogP contribution is -2.59. The van der Waals surface area contributed by atoms with Crippen LogP contribution >= 0.6 is 0 Å². The number of aliphatic carboxylic acids is 1. The van der Waals surface area contributed by atoms with Gasteiger partial charge in [0.25, 0.3) is 0 Å². The number of carbonyl (C=O) groups is 2. The van der Waals surface area contributed by atoms with Gasteiger partial charge in [-0.15, -0.1) is 0 Å². The fraction of sp³-hybridized carbons (Fsp3) is 0.818. The van der Waals surface area contributed by atoms with E-state index in [2.05, 4.69) is 5.32 Å². The molecule has 0 bridgehead atoms. The summed E-state index contributed by atoms with van der Waals surface area (Å²) in [5, 5.41) is 12.1. The molecule has 5 heteroatoms. The summed E-state index contributed by atoms with van der Waals surface area (Å²) in [5.41, 5.74) is -0.600. The molecule has 1 aliphatic heterocycles. The average Bonchev–Trinajstić information content (AvgIpc) is 2.27. The summed E-state index contributed by atoms with van der Waals surface area (Å²) in [6, 6.07) is -0.784. The van der Waals surface area contributed by atoms with E-state index in [0.29, 0.717) is 0 Å². The third-order valence-corrected chi connectivity index (χ3v) is 3.35. The molecule has 16 heavy (non-hydrogen) atoms. The molecule has 0 aromatic heterocycles. The minimum Gasteiger partial charge on any atom is -0.480 e. The normalized spacial score (nSPS) is 27.2. The second kappa shape index (κ2) is 4.82. The number of amides is 1. The minimum atomic E-state index is -0.977. The van der Waals surface area contributed by atoms with Gasteiger partial charge < -0.3 is 15.3 Å². The highest BCUT2D eigenvalue weighted by atomic mass is 16.4. The van der Waals surface area contributed by atoms with Crippen LogP contribution in [0.3, 0.4) is 0 Å². The zero-order valence-electron chi connectivity index (χ0n) is 10.1. The topological polar surface area (TPSA) is 69.6 Å². The first kappa shape index (κ1) is 13.0. The largest absolute Gasteiger partial charge is 0.480 e. The summed E-state index contributed by atoms with van der Waals surface area (Å²) < 4.78 is 0. The van der Waals surface area contributed by atoms with E-state index in [1.165, 1.54) is 11.8 Å². The van der Waals surface area contributed by atoms with Crippen molar-refractivity contribution in [2.75, 3.05) is 13.6 Å². The number of nitrogens with one attached hydrogen (secondary N) is 1. The predicted octanol–water partition coefficient (Wildman–Crippen LogP) is 0.450. The van der Waals surface area contributed by atoms with E-state index in [0.717, 1.165) is 25.8 Å². The molecule has 1 fully saturated rings. The Labute approximate surface area is 95.8 Å².